The molecule has 1 aliphatic rings. The van der Waals surface area contributed by atoms with Crippen molar-refractivity contribution in [2.24, 2.45) is 0 Å². The molecular formula is C18H23N3. The van der Waals surface area contributed by atoms with Crippen molar-refractivity contribution < 1.29 is 0 Å². The molecule has 0 bridgehead atoms. The van der Waals surface area contributed by atoms with Crippen molar-refractivity contribution >= 4 is 0 Å². The minimum absolute atomic E-state index is 0.561. The summed E-state index contributed by atoms with van der Waals surface area (Å²) in [5, 5.41) is 7.49. The second kappa shape index (κ2) is 5.86. The molecule has 0 amide bonds. The molecule has 21 heavy (non-hydrogen) atoms. The van der Waals surface area contributed by atoms with Crippen LogP contribution in [0.1, 0.15) is 30.0 Å². The molecule has 1 atom stereocenters. The van der Waals surface area contributed by atoms with Gasteiger partial charge in [-0.15, -0.1) is 0 Å². The summed E-state index contributed by atoms with van der Waals surface area (Å²) in [5.74, 6) is 0. The van der Waals surface area contributed by atoms with E-state index in [2.05, 4.69) is 66.2 Å². The highest BCUT2D eigenvalue weighted by molar-refractivity contribution is 5.67. The van der Waals surface area contributed by atoms with Crippen LogP contribution in [0.4, 0.5) is 0 Å². The molecule has 0 fully saturated rings. The average molecular weight is 281 g/mol. The number of aryl methyl sites for hydroxylation is 2. The highest BCUT2D eigenvalue weighted by atomic mass is 15.2. The van der Waals surface area contributed by atoms with Crippen LogP contribution in [0.3, 0.4) is 0 Å². The SMILES string of the molecule is CCC1C=CCN1Cc1cn[nH]c1-c1cc(C)ccc1C. The summed E-state index contributed by atoms with van der Waals surface area (Å²) in [6, 6.07) is 7.14. The van der Waals surface area contributed by atoms with E-state index in [1.807, 2.05) is 6.20 Å². The molecule has 2 heterocycles. The fourth-order valence-electron chi connectivity index (χ4n) is 3.07. The number of benzene rings is 1. The molecule has 2 aromatic rings. The predicted octanol–water partition coefficient (Wildman–Crippen LogP) is 3.84. The Labute approximate surface area is 126 Å². The van der Waals surface area contributed by atoms with Crippen molar-refractivity contribution in [1.29, 1.82) is 0 Å². The van der Waals surface area contributed by atoms with Gasteiger partial charge in [-0.2, -0.15) is 5.10 Å². The highest BCUT2D eigenvalue weighted by Crippen LogP contribution is 2.28. The third kappa shape index (κ3) is 2.79. The zero-order chi connectivity index (χ0) is 14.8. The molecule has 0 spiro atoms. The number of H-pyrrole nitrogens is 1. The highest BCUT2D eigenvalue weighted by Gasteiger charge is 2.20. The summed E-state index contributed by atoms with van der Waals surface area (Å²) in [6.07, 6.45) is 7.72. The maximum absolute atomic E-state index is 4.29. The smallest absolute Gasteiger partial charge is 0.0698 e. The third-order valence-corrected chi connectivity index (χ3v) is 4.34. The first-order valence-corrected chi connectivity index (χ1v) is 7.69. The van der Waals surface area contributed by atoms with Gasteiger partial charge in [0.1, 0.15) is 0 Å². The Bertz CT molecular complexity index is 654. The van der Waals surface area contributed by atoms with Crippen LogP contribution in [0.2, 0.25) is 0 Å². The maximum atomic E-state index is 4.29. The summed E-state index contributed by atoms with van der Waals surface area (Å²) in [5.41, 5.74) is 6.29. The van der Waals surface area contributed by atoms with E-state index in [1.54, 1.807) is 0 Å². The van der Waals surface area contributed by atoms with Gasteiger partial charge in [-0.3, -0.25) is 10.00 Å². The lowest BCUT2D eigenvalue weighted by molar-refractivity contribution is 0.258. The molecule has 1 N–H and O–H groups in total. The fourth-order valence-corrected chi connectivity index (χ4v) is 3.07. The van der Waals surface area contributed by atoms with Crippen LogP contribution >= 0.6 is 0 Å². The van der Waals surface area contributed by atoms with Crippen LogP contribution in [0.5, 0.6) is 0 Å². The monoisotopic (exact) mass is 281 g/mol. The van der Waals surface area contributed by atoms with Crippen LogP contribution in [-0.4, -0.2) is 27.7 Å². The third-order valence-electron chi connectivity index (χ3n) is 4.34. The molecule has 0 saturated carbocycles. The molecule has 1 aromatic heterocycles. The summed E-state index contributed by atoms with van der Waals surface area (Å²) in [6.45, 7) is 8.52. The van der Waals surface area contributed by atoms with E-state index < -0.39 is 0 Å². The number of nitrogens with one attached hydrogen (secondary N) is 1. The Morgan fingerprint density at radius 2 is 2.19 bits per heavy atom. The van der Waals surface area contributed by atoms with Crippen LogP contribution in [-0.2, 0) is 6.54 Å². The van der Waals surface area contributed by atoms with Crippen molar-refractivity contribution in [3.63, 3.8) is 0 Å². The number of hydrogen-bond acceptors (Lipinski definition) is 2. The van der Waals surface area contributed by atoms with E-state index in [0.717, 1.165) is 25.2 Å². The van der Waals surface area contributed by atoms with Crippen molar-refractivity contribution in [3.05, 3.63) is 53.2 Å². The van der Waals surface area contributed by atoms with Crippen LogP contribution in [0.15, 0.2) is 36.5 Å². The van der Waals surface area contributed by atoms with Gasteiger partial charge in [0, 0.05) is 30.3 Å². The molecule has 110 valence electrons. The largest absolute Gasteiger partial charge is 0.289 e. The first-order valence-electron chi connectivity index (χ1n) is 7.69. The second-order valence-corrected chi connectivity index (χ2v) is 5.92. The molecule has 0 saturated heterocycles. The minimum atomic E-state index is 0.561. The van der Waals surface area contributed by atoms with E-state index in [-0.39, 0.29) is 0 Å². The summed E-state index contributed by atoms with van der Waals surface area (Å²) in [7, 11) is 0. The first-order chi connectivity index (χ1) is 10.2. The van der Waals surface area contributed by atoms with Crippen molar-refractivity contribution in [3.8, 4) is 11.3 Å². The summed E-state index contributed by atoms with van der Waals surface area (Å²) < 4.78 is 0. The second-order valence-electron chi connectivity index (χ2n) is 5.92. The number of nitrogens with zero attached hydrogens (tertiary/aromatic N) is 2. The van der Waals surface area contributed by atoms with Gasteiger partial charge in [0.25, 0.3) is 0 Å². The van der Waals surface area contributed by atoms with E-state index in [9.17, 15) is 0 Å². The van der Waals surface area contributed by atoms with Gasteiger partial charge in [0.2, 0.25) is 0 Å². The Balaban J connectivity index is 1.89. The summed E-state index contributed by atoms with van der Waals surface area (Å²) >= 11 is 0. The molecule has 3 heteroatoms. The Hall–Kier alpha value is -1.87. The molecule has 3 nitrogen and oxygen atoms in total. The van der Waals surface area contributed by atoms with E-state index in [4.69, 9.17) is 0 Å². The Morgan fingerprint density at radius 3 is 3.00 bits per heavy atom. The van der Waals surface area contributed by atoms with Crippen molar-refractivity contribution in [2.75, 3.05) is 6.54 Å². The zero-order valence-electron chi connectivity index (χ0n) is 13.1. The topological polar surface area (TPSA) is 31.9 Å². The van der Waals surface area contributed by atoms with Gasteiger partial charge in [-0.25, -0.2) is 0 Å². The molecule has 1 aliphatic heterocycles. The number of rotatable bonds is 4. The van der Waals surface area contributed by atoms with Gasteiger partial charge < -0.3 is 0 Å². The van der Waals surface area contributed by atoms with E-state index >= 15 is 0 Å². The lowest BCUT2D eigenvalue weighted by Crippen LogP contribution is -2.28. The van der Waals surface area contributed by atoms with Gasteiger partial charge in [-0.1, -0.05) is 36.8 Å². The van der Waals surface area contributed by atoms with Gasteiger partial charge in [0.05, 0.1) is 11.9 Å². The molecule has 1 unspecified atom stereocenters. The van der Waals surface area contributed by atoms with Gasteiger partial charge >= 0.3 is 0 Å². The maximum Gasteiger partial charge on any atom is 0.0698 e. The van der Waals surface area contributed by atoms with E-state index in [0.29, 0.717) is 6.04 Å². The summed E-state index contributed by atoms with van der Waals surface area (Å²) in [4.78, 5) is 2.50. The van der Waals surface area contributed by atoms with Crippen molar-refractivity contribution in [2.45, 2.75) is 39.8 Å². The molecule has 0 radical (unpaired) electrons. The normalized spacial score (nSPS) is 18.5. The zero-order valence-corrected chi connectivity index (χ0v) is 13.1. The number of hydrogen-bond donors (Lipinski definition) is 1. The Kier molecular flexibility index (Phi) is 3.93. The van der Waals surface area contributed by atoms with Gasteiger partial charge in [0.15, 0.2) is 0 Å². The lowest BCUT2D eigenvalue weighted by Gasteiger charge is -2.23. The quantitative estimate of drug-likeness (QED) is 0.863. The molecular weight excluding hydrogens is 258 g/mol. The minimum Gasteiger partial charge on any atom is -0.289 e. The van der Waals surface area contributed by atoms with E-state index in [1.165, 1.54) is 22.3 Å². The molecule has 3 rings (SSSR count). The van der Waals surface area contributed by atoms with Crippen LogP contribution < -0.4 is 0 Å². The Morgan fingerprint density at radius 1 is 1.33 bits per heavy atom. The predicted molar refractivity (Wildman–Crippen MR) is 87.1 cm³/mol. The van der Waals surface area contributed by atoms with Gasteiger partial charge in [-0.05, 0) is 31.9 Å². The van der Waals surface area contributed by atoms with Crippen LogP contribution in [0.25, 0.3) is 11.3 Å². The standard InChI is InChI=1S/C18H23N3/c1-4-16-6-5-9-21(16)12-15-11-19-20-18(15)17-10-13(2)7-8-14(17)3/h5-8,10-11,16H,4,9,12H2,1-3H3,(H,19,20). The average Bonchev–Trinajstić information content (AvgIpc) is 3.11. The van der Waals surface area contributed by atoms with Crippen LogP contribution in [0, 0.1) is 13.8 Å². The molecule has 1 aromatic carbocycles. The first kappa shape index (κ1) is 14.1. The lowest BCUT2D eigenvalue weighted by atomic mass is 10.00. The van der Waals surface area contributed by atoms with Crippen molar-refractivity contribution in [1.82, 2.24) is 15.1 Å². The number of aromatic amines is 1. The molecule has 0 aliphatic carbocycles. The fraction of sp³-hybridized carbons (Fsp3) is 0.389. The number of aromatic nitrogens is 2.